The fourth-order valence-electron chi connectivity index (χ4n) is 2.99. The molecule has 1 amide bonds. The Hall–Kier alpha value is -1.43. The van der Waals surface area contributed by atoms with Gasteiger partial charge in [0.25, 0.3) is 0 Å². The maximum absolute atomic E-state index is 11.5. The molecule has 0 radical (unpaired) electrons. The van der Waals surface area contributed by atoms with E-state index in [0.717, 1.165) is 25.2 Å². The Kier molecular flexibility index (Phi) is 5.33. The van der Waals surface area contributed by atoms with E-state index in [1.165, 1.54) is 5.56 Å². The summed E-state index contributed by atoms with van der Waals surface area (Å²) in [5.74, 6) is 5.04. The summed E-state index contributed by atoms with van der Waals surface area (Å²) in [6, 6.07) is 9.21. The van der Waals surface area contributed by atoms with E-state index in [1.807, 2.05) is 18.2 Å². The second-order valence-corrected chi connectivity index (χ2v) is 6.07. The van der Waals surface area contributed by atoms with Crippen molar-refractivity contribution in [3.8, 4) is 0 Å². The lowest BCUT2D eigenvalue weighted by molar-refractivity contribution is -0.120. The largest absolute Gasteiger partial charge is 0.298 e. The molecule has 0 saturated carbocycles. The minimum atomic E-state index is -0.150. The molecule has 1 aliphatic heterocycles. The summed E-state index contributed by atoms with van der Waals surface area (Å²) in [6.45, 7) is 7.51. The molecule has 0 aliphatic carbocycles. The Bertz CT molecular complexity index is 479. The average Bonchev–Trinajstić information content (AvgIpc) is 2.46. The minimum Gasteiger partial charge on any atom is -0.298 e. The smallest absolute Gasteiger partial charge is 0.238 e. The first kappa shape index (κ1) is 15.9. The van der Waals surface area contributed by atoms with Gasteiger partial charge in [0.1, 0.15) is 0 Å². The average molecular weight is 290 g/mol. The van der Waals surface area contributed by atoms with E-state index >= 15 is 0 Å². The number of carbonyl (C=O) groups excluding carboxylic acids is 1. The number of amides is 1. The molecule has 2 rings (SSSR count). The number of likely N-dealkylation sites (N-methyl/N-ethyl adjacent to an activating group) is 1. The van der Waals surface area contributed by atoms with Crippen LogP contribution in [-0.4, -0.2) is 47.9 Å². The lowest BCUT2D eigenvalue weighted by Crippen LogP contribution is -2.54. The van der Waals surface area contributed by atoms with Crippen LogP contribution in [-0.2, 0) is 17.8 Å². The van der Waals surface area contributed by atoms with Gasteiger partial charge in [0, 0.05) is 31.7 Å². The number of piperazine rings is 1. The summed E-state index contributed by atoms with van der Waals surface area (Å²) in [6.07, 6.45) is 0.339. The van der Waals surface area contributed by atoms with Crippen LogP contribution < -0.4 is 11.3 Å². The molecule has 2 unspecified atom stereocenters. The Labute approximate surface area is 127 Å². The molecule has 1 aliphatic rings. The van der Waals surface area contributed by atoms with Crippen LogP contribution in [0.4, 0.5) is 0 Å². The van der Waals surface area contributed by atoms with Gasteiger partial charge in [0.15, 0.2) is 0 Å². The number of benzene rings is 1. The molecule has 21 heavy (non-hydrogen) atoms. The second kappa shape index (κ2) is 7.02. The lowest BCUT2D eigenvalue weighted by atomic mass is 10.0. The molecule has 5 nitrogen and oxygen atoms in total. The van der Waals surface area contributed by atoms with E-state index < -0.39 is 0 Å². The fourth-order valence-corrected chi connectivity index (χ4v) is 2.99. The zero-order valence-electron chi connectivity index (χ0n) is 13.2. The molecule has 2 atom stereocenters. The van der Waals surface area contributed by atoms with Crippen molar-refractivity contribution in [3.63, 3.8) is 0 Å². The van der Waals surface area contributed by atoms with Gasteiger partial charge in [-0.1, -0.05) is 24.3 Å². The number of carbonyl (C=O) groups is 1. The number of rotatable bonds is 4. The molecule has 116 valence electrons. The van der Waals surface area contributed by atoms with Crippen LogP contribution >= 0.6 is 0 Å². The highest BCUT2D eigenvalue weighted by Crippen LogP contribution is 2.18. The molecular weight excluding hydrogens is 264 g/mol. The first-order valence-electron chi connectivity index (χ1n) is 7.51. The van der Waals surface area contributed by atoms with Crippen molar-refractivity contribution in [1.82, 2.24) is 15.2 Å². The zero-order valence-corrected chi connectivity index (χ0v) is 13.2. The van der Waals surface area contributed by atoms with Crippen molar-refractivity contribution < 1.29 is 4.79 Å². The lowest BCUT2D eigenvalue weighted by Gasteiger charge is -2.42. The first-order valence-corrected chi connectivity index (χ1v) is 7.51. The van der Waals surface area contributed by atoms with Crippen molar-refractivity contribution in [2.75, 3.05) is 20.1 Å². The molecule has 0 aromatic heterocycles. The summed E-state index contributed by atoms with van der Waals surface area (Å²) in [5, 5.41) is 0. The number of nitrogens with zero attached hydrogens (tertiary/aromatic N) is 2. The van der Waals surface area contributed by atoms with E-state index in [2.05, 4.69) is 42.2 Å². The molecule has 1 aromatic rings. The van der Waals surface area contributed by atoms with Crippen LogP contribution in [0, 0.1) is 0 Å². The molecule has 0 bridgehead atoms. The quantitative estimate of drug-likeness (QED) is 0.488. The van der Waals surface area contributed by atoms with Crippen molar-refractivity contribution in [2.45, 2.75) is 38.9 Å². The normalized spacial score (nSPS) is 24.0. The topological polar surface area (TPSA) is 61.6 Å². The minimum absolute atomic E-state index is 0.150. The maximum Gasteiger partial charge on any atom is 0.238 e. The fraction of sp³-hybridized carbons (Fsp3) is 0.562. The molecule has 1 saturated heterocycles. The Balaban J connectivity index is 2.07. The standard InChI is InChI=1S/C16H26N4O/c1-12-9-20(10-13(2)19(12)3)11-15-7-5-4-6-14(15)8-16(21)18-17/h4-7,12-13H,8-11,17H2,1-3H3,(H,18,21). The Morgan fingerprint density at radius 2 is 1.81 bits per heavy atom. The highest BCUT2D eigenvalue weighted by Gasteiger charge is 2.26. The van der Waals surface area contributed by atoms with E-state index in [4.69, 9.17) is 5.84 Å². The maximum atomic E-state index is 11.5. The van der Waals surface area contributed by atoms with Gasteiger partial charge in [-0.15, -0.1) is 0 Å². The Morgan fingerprint density at radius 3 is 2.38 bits per heavy atom. The van der Waals surface area contributed by atoms with Gasteiger partial charge in [-0.2, -0.15) is 0 Å². The molecule has 3 N–H and O–H groups in total. The van der Waals surface area contributed by atoms with Crippen LogP contribution in [0.25, 0.3) is 0 Å². The van der Waals surface area contributed by atoms with Gasteiger partial charge in [-0.05, 0) is 32.0 Å². The zero-order chi connectivity index (χ0) is 15.4. The number of nitrogens with two attached hydrogens (primary N) is 1. The highest BCUT2D eigenvalue weighted by molar-refractivity contribution is 5.78. The van der Waals surface area contributed by atoms with Crippen LogP contribution in [0.1, 0.15) is 25.0 Å². The van der Waals surface area contributed by atoms with Crippen LogP contribution in [0.15, 0.2) is 24.3 Å². The highest BCUT2D eigenvalue weighted by atomic mass is 16.2. The summed E-state index contributed by atoms with van der Waals surface area (Å²) in [5.41, 5.74) is 4.47. The predicted molar refractivity (Wildman–Crippen MR) is 84.4 cm³/mol. The number of hydrogen-bond donors (Lipinski definition) is 2. The summed E-state index contributed by atoms with van der Waals surface area (Å²) < 4.78 is 0. The van der Waals surface area contributed by atoms with Crippen LogP contribution in [0.2, 0.25) is 0 Å². The molecule has 1 aromatic carbocycles. The number of hydrazine groups is 1. The first-order chi connectivity index (χ1) is 10.0. The third kappa shape index (κ3) is 4.03. The molecular formula is C16H26N4O. The van der Waals surface area contributed by atoms with Gasteiger partial charge in [0.05, 0.1) is 6.42 Å². The predicted octanol–water partition coefficient (Wildman–Crippen LogP) is 0.743. The van der Waals surface area contributed by atoms with Gasteiger partial charge < -0.3 is 0 Å². The van der Waals surface area contributed by atoms with E-state index in [1.54, 1.807) is 0 Å². The monoisotopic (exact) mass is 290 g/mol. The summed E-state index contributed by atoms with van der Waals surface area (Å²) in [4.78, 5) is 16.4. The summed E-state index contributed by atoms with van der Waals surface area (Å²) >= 11 is 0. The van der Waals surface area contributed by atoms with E-state index in [0.29, 0.717) is 18.5 Å². The van der Waals surface area contributed by atoms with Gasteiger partial charge in [-0.25, -0.2) is 5.84 Å². The van der Waals surface area contributed by atoms with E-state index in [-0.39, 0.29) is 5.91 Å². The molecule has 5 heteroatoms. The third-order valence-corrected chi connectivity index (χ3v) is 4.46. The molecule has 1 heterocycles. The van der Waals surface area contributed by atoms with Crippen LogP contribution in [0.5, 0.6) is 0 Å². The van der Waals surface area contributed by atoms with Crippen molar-refractivity contribution in [2.24, 2.45) is 5.84 Å². The third-order valence-electron chi connectivity index (χ3n) is 4.46. The number of nitrogens with one attached hydrogen (secondary N) is 1. The van der Waals surface area contributed by atoms with Crippen molar-refractivity contribution in [3.05, 3.63) is 35.4 Å². The Morgan fingerprint density at radius 1 is 1.24 bits per heavy atom. The van der Waals surface area contributed by atoms with Crippen molar-refractivity contribution >= 4 is 5.91 Å². The van der Waals surface area contributed by atoms with Crippen molar-refractivity contribution in [1.29, 1.82) is 0 Å². The second-order valence-electron chi connectivity index (χ2n) is 6.07. The van der Waals surface area contributed by atoms with Crippen LogP contribution in [0.3, 0.4) is 0 Å². The van der Waals surface area contributed by atoms with E-state index in [9.17, 15) is 4.79 Å². The molecule has 1 fully saturated rings. The van der Waals surface area contributed by atoms with Gasteiger partial charge in [-0.3, -0.25) is 20.0 Å². The van der Waals surface area contributed by atoms with Gasteiger partial charge in [0.2, 0.25) is 5.91 Å². The SMILES string of the molecule is CC1CN(Cc2ccccc2CC(=O)NN)CC(C)N1C. The molecule has 0 spiro atoms. The van der Waals surface area contributed by atoms with Gasteiger partial charge >= 0.3 is 0 Å². The summed E-state index contributed by atoms with van der Waals surface area (Å²) in [7, 11) is 2.19. The number of hydrogen-bond acceptors (Lipinski definition) is 4.